The van der Waals surface area contributed by atoms with E-state index in [0.717, 1.165) is 51.8 Å². The van der Waals surface area contributed by atoms with Crippen molar-refractivity contribution in [1.29, 1.82) is 0 Å². The van der Waals surface area contributed by atoms with Crippen LogP contribution in [0.2, 0.25) is 0 Å². The van der Waals surface area contributed by atoms with Crippen molar-refractivity contribution >= 4 is 55.3 Å². The summed E-state index contributed by atoms with van der Waals surface area (Å²) in [5.74, 6) is 0. The highest BCUT2D eigenvalue weighted by molar-refractivity contribution is 6.08. The van der Waals surface area contributed by atoms with E-state index < -0.39 is 0 Å². The molecule has 9 aromatic carbocycles. The van der Waals surface area contributed by atoms with Crippen molar-refractivity contribution in [3.05, 3.63) is 230 Å². The predicted molar refractivity (Wildman–Crippen MR) is 254 cm³/mol. The molecule has 0 amide bonds. The van der Waals surface area contributed by atoms with Gasteiger partial charge in [0, 0.05) is 27.8 Å². The van der Waals surface area contributed by atoms with Gasteiger partial charge in [-0.1, -0.05) is 152 Å². The van der Waals surface area contributed by atoms with E-state index in [2.05, 4.69) is 229 Å². The molecule has 1 heterocycles. The topological polar surface area (TPSA) is 16.4 Å². The Labute approximate surface area is 350 Å². The average Bonchev–Trinajstić information content (AvgIpc) is 3.70. The maximum Gasteiger partial charge on any atom is 0.135 e. The highest BCUT2D eigenvalue weighted by atomic mass is 16.3. The minimum absolute atomic E-state index is 0.900. The van der Waals surface area contributed by atoms with Gasteiger partial charge in [0.1, 0.15) is 11.2 Å². The summed E-state index contributed by atoms with van der Waals surface area (Å²) in [7, 11) is 0. The zero-order valence-corrected chi connectivity index (χ0v) is 33.1. The van der Waals surface area contributed by atoms with Gasteiger partial charge in [-0.15, -0.1) is 0 Å². The van der Waals surface area contributed by atoms with Gasteiger partial charge in [0.05, 0.1) is 0 Å². The Morgan fingerprint density at radius 1 is 0.333 bits per heavy atom. The van der Waals surface area contributed by atoms with Crippen LogP contribution in [0.4, 0.5) is 17.1 Å². The van der Waals surface area contributed by atoms with E-state index in [0.29, 0.717) is 0 Å². The number of hydrogen-bond donors (Lipinski definition) is 0. The second-order valence-corrected chi connectivity index (χ2v) is 15.7. The molecule has 1 aromatic heterocycles. The fraction of sp³-hybridized carbons (Fsp3) is 0.0345. The van der Waals surface area contributed by atoms with Gasteiger partial charge in [-0.3, -0.25) is 0 Å². The van der Waals surface area contributed by atoms with E-state index in [-0.39, 0.29) is 0 Å². The molecule has 0 fully saturated rings. The number of fused-ring (bicyclic) bond motifs is 4. The number of anilines is 3. The molecule has 0 bridgehead atoms. The molecular formula is C58H41NO. The van der Waals surface area contributed by atoms with Crippen molar-refractivity contribution in [2.24, 2.45) is 0 Å². The molecule has 0 saturated carbocycles. The summed E-state index contributed by atoms with van der Waals surface area (Å²) in [5.41, 5.74) is 17.3. The molecule has 284 valence electrons. The van der Waals surface area contributed by atoms with Crippen LogP contribution in [-0.4, -0.2) is 0 Å². The van der Waals surface area contributed by atoms with E-state index >= 15 is 0 Å². The number of hydrogen-bond acceptors (Lipinski definition) is 2. The molecule has 11 rings (SSSR count). The third-order valence-electron chi connectivity index (χ3n) is 11.9. The lowest BCUT2D eigenvalue weighted by Crippen LogP contribution is -2.09. The van der Waals surface area contributed by atoms with Gasteiger partial charge in [-0.25, -0.2) is 0 Å². The Hall–Kier alpha value is -7.68. The molecule has 60 heavy (non-hydrogen) atoms. The maximum absolute atomic E-state index is 6.34. The number of para-hydroxylation sites is 1. The standard InChI is InChI=1S/C58H41NO/c1-4-11-40(12-5-1)42-19-21-44(22-20-42)50-28-33-57-55(38-50)56-39-51(29-34-58(56)60-57)46-16-10-15-45(35-46)47-23-24-49-37-54(32-27-48(49)36-47)59(52-17-8-3-9-18-52)53-30-25-43(26-31-53)41-13-6-2-7-14-41/h2-4,6-39H,1,5H2. The second-order valence-electron chi connectivity index (χ2n) is 15.7. The molecule has 10 aromatic rings. The fourth-order valence-corrected chi connectivity index (χ4v) is 8.71. The van der Waals surface area contributed by atoms with Crippen LogP contribution in [0.15, 0.2) is 229 Å². The minimum Gasteiger partial charge on any atom is -0.456 e. The average molecular weight is 768 g/mol. The van der Waals surface area contributed by atoms with E-state index in [9.17, 15) is 0 Å². The molecule has 0 spiro atoms. The first-order chi connectivity index (χ1) is 29.7. The first-order valence-electron chi connectivity index (χ1n) is 20.8. The molecule has 0 aliphatic heterocycles. The van der Waals surface area contributed by atoms with Gasteiger partial charge in [0.15, 0.2) is 0 Å². The van der Waals surface area contributed by atoms with E-state index in [1.807, 2.05) is 0 Å². The molecule has 0 N–H and O–H groups in total. The summed E-state index contributed by atoms with van der Waals surface area (Å²) in [4.78, 5) is 2.33. The number of benzene rings is 9. The summed E-state index contributed by atoms with van der Waals surface area (Å²) < 4.78 is 6.34. The Morgan fingerprint density at radius 2 is 0.817 bits per heavy atom. The summed E-state index contributed by atoms with van der Waals surface area (Å²) in [6, 6.07) is 74.5. The highest BCUT2D eigenvalue weighted by Gasteiger charge is 2.15. The predicted octanol–water partition coefficient (Wildman–Crippen LogP) is 16.6. The molecule has 1 aliphatic rings. The van der Waals surface area contributed by atoms with Crippen LogP contribution in [0.3, 0.4) is 0 Å². The van der Waals surface area contributed by atoms with Crippen LogP contribution >= 0.6 is 0 Å². The number of furan rings is 1. The molecular weight excluding hydrogens is 727 g/mol. The van der Waals surface area contributed by atoms with Crippen LogP contribution in [0.5, 0.6) is 0 Å². The molecule has 0 unspecified atom stereocenters. The van der Waals surface area contributed by atoms with Crippen LogP contribution in [0, 0.1) is 0 Å². The van der Waals surface area contributed by atoms with Crippen molar-refractivity contribution < 1.29 is 4.42 Å². The normalized spacial score (nSPS) is 12.6. The van der Waals surface area contributed by atoms with Gasteiger partial charge < -0.3 is 9.32 Å². The van der Waals surface area contributed by atoms with Crippen LogP contribution < -0.4 is 4.90 Å². The van der Waals surface area contributed by atoms with E-state index in [1.54, 1.807) is 0 Å². The van der Waals surface area contributed by atoms with Crippen molar-refractivity contribution in [1.82, 2.24) is 0 Å². The molecule has 2 nitrogen and oxygen atoms in total. The zero-order valence-electron chi connectivity index (χ0n) is 33.1. The van der Waals surface area contributed by atoms with Crippen molar-refractivity contribution in [3.63, 3.8) is 0 Å². The van der Waals surface area contributed by atoms with Crippen molar-refractivity contribution in [3.8, 4) is 44.5 Å². The minimum atomic E-state index is 0.900. The second kappa shape index (κ2) is 15.2. The molecule has 0 saturated heterocycles. The number of rotatable bonds is 8. The van der Waals surface area contributed by atoms with E-state index in [4.69, 9.17) is 4.42 Å². The smallest absolute Gasteiger partial charge is 0.135 e. The van der Waals surface area contributed by atoms with E-state index in [1.165, 1.54) is 66.4 Å². The Kier molecular flexibility index (Phi) is 9.02. The third kappa shape index (κ3) is 6.78. The first kappa shape index (κ1) is 35.5. The zero-order chi connectivity index (χ0) is 39.8. The van der Waals surface area contributed by atoms with Gasteiger partial charge in [-0.2, -0.15) is 0 Å². The van der Waals surface area contributed by atoms with Gasteiger partial charge in [0.2, 0.25) is 0 Å². The number of allylic oxidation sites excluding steroid dienone is 4. The lowest BCUT2D eigenvalue weighted by Gasteiger charge is -2.26. The van der Waals surface area contributed by atoms with Gasteiger partial charge in [0.25, 0.3) is 0 Å². The summed E-state index contributed by atoms with van der Waals surface area (Å²) >= 11 is 0. The molecule has 1 aliphatic carbocycles. The maximum atomic E-state index is 6.34. The Morgan fingerprint density at radius 3 is 1.52 bits per heavy atom. The Balaban J connectivity index is 0.889. The van der Waals surface area contributed by atoms with Gasteiger partial charge >= 0.3 is 0 Å². The quantitative estimate of drug-likeness (QED) is 0.153. The SMILES string of the molecule is C1=CC(c2ccc(-c3ccc4oc5ccc(-c6cccc(-c7ccc8cc(N(c9ccccc9)c9ccc(-c%10ccccc%10)cc9)ccc8c7)c6)cc5c4c3)cc2)=CCC1. The largest absolute Gasteiger partial charge is 0.456 e. The molecule has 0 radical (unpaired) electrons. The first-order valence-corrected chi connectivity index (χ1v) is 20.8. The summed E-state index contributed by atoms with van der Waals surface area (Å²) in [6.07, 6.45) is 9.06. The Bertz CT molecular complexity index is 3230. The van der Waals surface area contributed by atoms with Crippen molar-refractivity contribution in [2.75, 3.05) is 4.90 Å². The number of nitrogens with zero attached hydrogens (tertiary/aromatic N) is 1. The molecule has 2 heteroatoms. The van der Waals surface area contributed by atoms with Crippen LogP contribution in [0.1, 0.15) is 18.4 Å². The van der Waals surface area contributed by atoms with Crippen molar-refractivity contribution in [2.45, 2.75) is 12.8 Å². The van der Waals surface area contributed by atoms with Crippen LogP contribution in [-0.2, 0) is 0 Å². The summed E-state index contributed by atoms with van der Waals surface area (Å²) in [5, 5.41) is 4.66. The lowest BCUT2D eigenvalue weighted by atomic mass is 9.95. The third-order valence-corrected chi connectivity index (χ3v) is 11.9. The van der Waals surface area contributed by atoms with Gasteiger partial charge in [-0.05, 0) is 152 Å². The summed E-state index contributed by atoms with van der Waals surface area (Å²) in [6.45, 7) is 0. The lowest BCUT2D eigenvalue weighted by molar-refractivity contribution is 0.669. The van der Waals surface area contributed by atoms with Crippen LogP contribution in [0.25, 0.3) is 82.8 Å². The molecule has 0 atom stereocenters. The monoisotopic (exact) mass is 767 g/mol. The highest BCUT2D eigenvalue weighted by Crippen LogP contribution is 2.39. The fourth-order valence-electron chi connectivity index (χ4n) is 8.71.